The molecule has 1 aromatic carbocycles. The van der Waals surface area contributed by atoms with Gasteiger partial charge in [0.1, 0.15) is 0 Å². The van der Waals surface area contributed by atoms with Crippen LogP contribution in [-0.2, 0) is 0 Å². The Kier molecular flexibility index (Phi) is 2.67. The Morgan fingerprint density at radius 3 is 2.53 bits per heavy atom. The zero-order valence-electron chi connectivity index (χ0n) is 9.94. The van der Waals surface area contributed by atoms with Gasteiger partial charge in [-0.1, -0.05) is 5.16 Å². The van der Waals surface area contributed by atoms with Crippen LogP contribution in [0.15, 0.2) is 16.8 Å². The van der Waals surface area contributed by atoms with Crippen LogP contribution >= 0.6 is 0 Å². The van der Waals surface area contributed by atoms with Crippen molar-refractivity contribution >= 4 is 5.88 Å². The molecule has 0 amide bonds. The highest BCUT2D eigenvalue weighted by Crippen LogP contribution is 2.39. The zero-order valence-corrected chi connectivity index (χ0v) is 9.94. The molecule has 0 atom stereocenters. The fourth-order valence-corrected chi connectivity index (χ4v) is 1.86. The first-order valence-electron chi connectivity index (χ1n) is 5.14. The third-order valence-corrected chi connectivity index (χ3v) is 2.91. The second-order valence-corrected chi connectivity index (χ2v) is 3.83. The summed E-state index contributed by atoms with van der Waals surface area (Å²) in [6.45, 7) is 3.81. The minimum atomic E-state index is 0.0752. The van der Waals surface area contributed by atoms with Crippen LogP contribution in [0.3, 0.4) is 0 Å². The standard InChI is InChI=1S/C12H14N2O3/c1-6-7(2)11(16-3)10(15)4-8(6)9-5-14-17-12(9)13/h4-5,15H,13H2,1-3H3. The zero-order chi connectivity index (χ0) is 12.6. The first-order valence-corrected chi connectivity index (χ1v) is 5.14. The lowest BCUT2D eigenvalue weighted by Crippen LogP contribution is -1.95. The molecule has 90 valence electrons. The van der Waals surface area contributed by atoms with Crippen molar-refractivity contribution in [2.45, 2.75) is 13.8 Å². The van der Waals surface area contributed by atoms with E-state index in [1.807, 2.05) is 13.8 Å². The topological polar surface area (TPSA) is 81.5 Å². The van der Waals surface area contributed by atoms with Crippen molar-refractivity contribution in [1.29, 1.82) is 0 Å². The number of hydrogen-bond donors (Lipinski definition) is 2. The minimum Gasteiger partial charge on any atom is -0.504 e. The molecule has 0 spiro atoms. The number of methoxy groups -OCH3 is 1. The molecule has 1 aromatic heterocycles. The van der Waals surface area contributed by atoms with Crippen LogP contribution in [0, 0.1) is 13.8 Å². The van der Waals surface area contributed by atoms with Crippen LogP contribution in [0.2, 0.25) is 0 Å². The van der Waals surface area contributed by atoms with Crippen LogP contribution in [0.25, 0.3) is 11.1 Å². The van der Waals surface area contributed by atoms with Crippen LogP contribution < -0.4 is 10.5 Å². The molecule has 2 aromatic rings. The van der Waals surface area contributed by atoms with Gasteiger partial charge < -0.3 is 20.1 Å². The van der Waals surface area contributed by atoms with Crippen molar-refractivity contribution in [3.8, 4) is 22.6 Å². The van der Waals surface area contributed by atoms with E-state index in [1.54, 1.807) is 6.07 Å². The molecule has 0 aliphatic carbocycles. The monoisotopic (exact) mass is 234 g/mol. The third kappa shape index (κ3) is 1.69. The predicted molar refractivity (Wildman–Crippen MR) is 64.0 cm³/mol. The quantitative estimate of drug-likeness (QED) is 0.832. The SMILES string of the molecule is COc1c(O)cc(-c2cnoc2N)c(C)c1C. The summed E-state index contributed by atoms with van der Waals surface area (Å²) in [6.07, 6.45) is 1.53. The average molecular weight is 234 g/mol. The van der Waals surface area contributed by atoms with Gasteiger partial charge in [-0.3, -0.25) is 0 Å². The number of rotatable bonds is 2. The van der Waals surface area contributed by atoms with Gasteiger partial charge >= 0.3 is 0 Å². The number of nitrogens with zero attached hydrogens (tertiary/aromatic N) is 1. The van der Waals surface area contributed by atoms with E-state index in [0.29, 0.717) is 11.3 Å². The van der Waals surface area contributed by atoms with Gasteiger partial charge in [0, 0.05) is 0 Å². The number of aromatic hydroxyl groups is 1. The molecule has 0 unspecified atom stereocenters. The molecule has 2 rings (SSSR count). The van der Waals surface area contributed by atoms with Crippen LogP contribution in [-0.4, -0.2) is 17.4 Å². The summed E-state index contributed by atoms with van der Waals surface area (Å²) in [4.78, 5) is 0. The number of nitrogens with two attached hydrogens (primary N) is 1. The number of anilines is 1. The summed E-state index contributed by atoms with van der Waals surface area (Å²) in [5.74, 6) is 0.782. The van der Waals surface area contributed by atoms with Gasteiger partial charge in [-0.2, -0.15) is 0 Å². The molecule has 0 aliphatic heterocycles. The number of ether oxygens (including phenoxy) is 1. The molecule has 0 aliphatic rings. The highest BCUT2D eigenvalue weighted by molar-refractivity contribution is 5.78. The first kappa shape index (κ1) is 11.3. The second-order valence-electron chi connectivity index (χ2n) is 3.83. The van der Waals surface area contributed by atoms with Crippen molar-refractivity contribution in [2.24, 2.45) is 0 Å². The number of phenolic OH excluding ortho intramolecular Hbond substituents is 1. The number of hydrogen-bond acceptors (Lipinski definition) is 5. The Morgan fingerprint density at radius 1 is 1.29 bits per heavy atom. The number of aromatic nitrogens is 1. The maximum absolute atomic E-state index is 9.87. The highest BCUT2D eigenvalue weighted by atomic mass is 16.5. The van der Waals surface area contributed by atoms with E-state index in [1.165, 1.54) is 13.3 Å². The predicted octanol–water partition coefficient (Wildman–Crippen LogP) is 2.25. The molecule has 3 N–H and O–H groups in total. The van der Waals surface area contributed by atoms with Gasteiger partial charge in [0.05, 0.1) is 18.9 Å². The summed E-state index contributed by atoms with van der Waals surface area (Å²) < 4.78 is 9.96. The first-order chi connectivity index (χ1) is 8.06. The molecular weight excluding hydrogens is 220 g/mol. The van der Waals surface area contributed by atoms with E-state index in [9.17, 15) is 5.11 Å². The molecule has 0 saturated heterocycles. The molecule has 0 saturated carbocycles. The summed E-state index contributed by atoms with van der Waals surface area (Å²) in [5, 5.41) is 13.5. The summed E-state index contributed by atoms with van der Waals surface area (Å²) in [6, 6.07) is 1.60. The Labute approximate surface area is 98.8 Å². The summed E-state index contributed by atoms with van der Waals surface area (Å²) >= 11 is 0. The van der Waals surface area contributed by atoms with Gasteiger partial charge in [-0.15, -0.1) is 0 Å². The van der Waals surface area contributed by atoms with Crippen LogP contribution in [0.5, 0.6) is 11.5 Å². The lowest BCUT2D eigenvalue weighted by Gasteiger charge is -2.13. The second kappa shape index (κ2) is 4.01. The van der Waals surface area contributed by atoms with Crippen molar-refractivity contribution in [3.05, 3.63) is 23.4 Å². The van der Waals surface area contributed by atoms with E-state index >= 15 is 0 Å². The van der Waals surface area contributed by atoms with Crippen molar-refractivity contribution in [3.63, 3.8) is 0 Å². The number of nitrogen functional groups attached to an aromatic ring is 1. The van der Waals surface area contributed by atoms with E-state index in [4.69, 9.17) is 15.0 Å². The van der Waals surface area contributed by atoms with Gasteiger partial charge in [0.2, 0.25) is 5.88 Å². The maximum atomic E-state index is 9.87. The van der Waals surface area contributed by atoms with Crippen LogP contribution in [0.4, 0.5) is 5.88 Å². The molecule has 17 heavy (non-hydrogen) atoms. The van der Waals surface area contributed by atoms with E-state index in [-0.39, 0.29) is 11.6 Å². The molecular formula is C12H14N2O3. The van der Waals surface area contributed by atoms with E-state index in [0.717, 1.165) is 16.7 Å². The van der Waals surface area contributed by atoms with Crippen molar-refractivity contribution in [1.82, 2.24) is 5.16 Å². The third-order valence-electron chi connectivity index (χ3n) is 2.91. The fourth-order valence-electron chi connectivity index (χ4n) is 1.86. The summed E-state index contributed by atoms with van der Waals surface area (Å²) in [5.41, 5.74) is 8.96. The number of benzene rings is 1. The average Bonchev–Trinajstić information content (AvgIpc) is 2.71. The van der Waals surface area contributed by atoms with Crippen LogP contribution in [0.1, 0.15) is 11.1 Å². The Balaban J connectivity index is 2.69. The van der Waals surface area contributed by atoms with Crippen molar-refractivity contribution < 1.29 is 14.4 Å². The van der Waals surface area contributed by atoms with Gasteiger partial charge in [0.15, 0.2) is 11.5 Å². The van der Waals surface area contributed by atoms with E-state index in [2.05, 4.69) is 5.16 Å². The normalized spacial score (nSPS) is 10.5. The van der Waals surface area contributed by atoms with Gasteiger partial charge in [-0.25, -0.2) is 0 Å². The fraction of sp³-hybridized carbons (Fsp3) is 0.250. The molecule has 0 fully saturated rings. The Bertz CT molecular complexity index is 561. The Hall–Kier alpha value is -2.17. The van der Waals surface area contributed by atoms with Gasteiger partial charge in [-0.05, 0) is 36.6 Å². The lowest BCUT2D eigenvalue weighted by atomic mass is 9.97. The molecule has 0 radical (unpaired) electrons. The highest BCUT2D eigenvalue weighted by Gasteiger charge is 2.17. The number of phenols is 1. The minimum absolute atomic E-state index is 0.0752. The molecule has 5 nitrogen and oxygen atoms in total. The Morgan fingerprint density at radius 2 is 2.00 bits per heavy atom. The molecule has 5 heteroatoms. The van der Waals surface area contributed by atoms with Gasteiger partial charge in [0.25, 0.3) is 0 Å². The summed E-state index contributed by atoms with van der Waals surface area (Å²) in [7, 11) is 1.52. The molecule has 0 bridgehead atoms. The van der Waals surface area contributed by atoms with E-state index < -0.39 is 0 Å². The smallest absolute Gasteiger partial charge is 0.229 e. The molecule has 1 heterocycles. The maximum Gasteiger partial charge on any atom is 0.229 e. The lowest BCUT2D eigenvalue weighted by molar-refractivity contribution is 0.370. The largest absolute Gasteiger partial charge is 0.504 e. The van der Waals surface area contributed by atoms with Crippen molar-refractivity contribution in [2.75, 3.05) is 12.8 Å².